The average Bonchev–Trinajstić information content (AvgIpc) is 3.19. The van der Waals surface area contributed by atoms with Crippen molar-refractivity contribution in [3.8, 4) is 10.6 Å². The molecule has 0 unspecified atom stereocenters. The Kier molecular flexibility index (Phi) is 4.29. The molecule has 2 aromatic rings. The van der Waals surface area contributed by atoms with Crippen LogP contribution in [0.15, 0.2) is 23.6 Å². The van der Waals surface area contributed by atoms with E-state index in [4.69, 9.17) is 4.74 Å². The van der Waals surface area contributed by atoms with Gasteiger partial charge in [-0.3, -0.25) is 9.89 Å². The van der Waals surface area contributed by atoms with E-state index in [1.807, 2.05) is 42.5 Å². The Labute approximate surface area is 140 Å². The quantitative estimate of drug-likeness (QED) is 0.912. The van der Waals surface area contributed by atoms with E-state index in [-0.39, 0.29) is 23.5 Å². The lowest BCUT2D eigenvalue weighted by Crippen LogP contribution is -2.62. The molecule has 124 valence electrons. The highest BCUT2D eigenvalue weighted by atomic mass is 32.1. The Hall–Kier alpha value is -1.66. The minimum atomic E-state index is -0.0444. The normalized spacial score (nSPS) is 22.6. The molecule has 2 heterocycles. The zero-order chi connectivity index (χ0) is 16.6. The number of ether oxygens (including phenoxy) is 1. The first-order chi connectivity index (χ1) is 10.9. The summed E-state index contributed by atoms with van der Waals surface area (Å²) < 4.78 is 5.75. The van der Waals surface area contributed by atoms with E-state index in [1.54, 1.807) is 11.3 Å². The lowest BCUT2D eigenvalue weighted by atomic mass is 9.63. The van der Waals surface area contributed by atoms with Crippen LogP contribution in [0, 0.1) is 5.41 Å². The number of nitrogens with zero attached hydrogens (tertiary/aromatic N) is 2. The molecule has 0 aromatic carbocycles. The number of hydrogen-bond donors (Lipinski definition) is 1. The number of aromatic nitrogens is 2. The standard InChI is InChI=1S/C17H23N3O2S/c1-5-22-15-10-14(17(15,2)3)20(4)16(21)12-9-11(18-19-12)13-7-6-8-23-13/h6-9,14-15H,5,10H2,1-4H3,(H,18,19)/t14-,15-/m0/s1. The van der Waals surface area contributed by atoms with Gasteiger partial charge in [-0.1, -0.05) is 19.9 Å². The second-order valence-electron chi connectivity index (χ2n) is 6.58. The summed E-state index contributed by atoms with van der Waals surface area (Å²) in [7, 11) is 1.86. The van der Waals surface area contributed by atoms with E-state index >= 15 is 0 Å². The number of carbonyl (C=O) groups excluding carboxylic acids is 1. The molecule has 0 spiro atoms. The van der Waals surface area contributed by atoms with Crippen LogP contribution in [0.1, 0.15) is 37.7 Å². The number of H-pyrrole nitrogens is 1. The van der Waals surface area contributed by atoms with Gasteiger partial charge < -0.3 is 9.64 Å². The molecule has 3 rings (SSSR count). The zero-order valence-electron chi connectivity index (χ0n) is 14.0. The number of rotatable bonds is 5. The number of hydrogen-bond acceptors (Lipinski definition) is 4. The van der Waals surface area contributed by atoms with E-state index in [1.165, 1.54) is 0 Å². The first-order valence-corrected chi connectivity index (χ1v) is 8.81. The van der Waals surface area contributed by atoms with Crippen LogP contribution < -0.4 is 0 Å². The highest BCUT2D eigenvalue weighted by Crippen LogP contribution is 2.45. The van der Waals surface area contributed by atoms with Crippen LogP contribution in [-0.4, -0.2) is 46.8 Å². The van der Waals surface area contributed by atoms with E-state index in [0.717, 1.165) is 17.0 Å². The monoisotopic (exact) mass is 333 g/mol. The molecule has 0 saturated heterocycles. The fourth-order valence-electron chi connectivity index (χ4n) is 3.32. The van der Waals surface area contributed by atoms with Gasteiger partial charge >= 0.3 is 0 Å². The number of aromatic amines is 1. The van der Waals surface area contributed by atoms with Gasteiger partial charge in [0.2, 0.25) is 0 Å². The number of carbonyl (C=O) groups is 1. The van der Waals surface area contributed by atoms with Crippen LogP contribution in [0.5, 0.6) is 0 Å². The topological polar surface area (TPSA) is 58.2 Å². The predicted molar refractivity (Wildman–Crippen MR) is 91.6 cm³/mol. The fraction of sp³-hybridized carbons (Fsp3) is 0.529. The van der Waals surface area contributed by atoms with Crippen LogP contribution in [0.4, 0.5) is 0 Å². The molecule has 1 aliphatic carbocycles. The van der Waals surface area contributed by atoms with E-state index in [2.05, 4.69) is 24.0 Å². The summed E-state index contributed by atoms with van der Waals surface area (Å²) >= 11 is 1.62. The Balaban J connectivity index is 1.71. The van der Waals surface area contributed by atoms with Crippen LogP contribution >= 0.6 is 11.3 Å². The van der Waals surface area contributed by atoms with Gasteiger partial charge in [-0.15, -0.1) is 11.3 Å². The molecule has 0 aliphatic heterocycles. The molecule has 2 atom stereocenters. The molecule has 1 N–H and O–H groups in total. The Morgan fingerprint density at radius 3 is 2.96 bits per heavy atom. The Bertz CT molecular complexity index is 678. The smallest absolute Gasteiger partial charge is 0.274 e. The third-order valence-electron chi connectivity index (χ3n) is 4.87. The van der Waals surface area contributed by atoms with Crippen molar-refractivity contribution in [3.05, 3.63) is 29.3 Å². The van der Waals surface area contributed by atoms with Crippen molar-refractivity contribution in [2.24, 2.45) is 5.41 Å². The first-order valence-electron chi connectivity index (χ1n) is 7.93. The SMILES string of the molecule is CCO[C@H]1C[C@H](N(C)C(=O)c2cc(-c3cccs3)[nH]n2)C1(C)C. The summed E-state index contributed by atoms with van der Waals surface area (Å²) in [6.45, 7) is 7.04. The molecule has 5 nitrogen and oxygen atoms in total. The fourth-order valence-corrected chi connectivity index (χ4v) is 4.01. The third kappa shape index (κ3) is 2.81. The third-order valence-corrected chi connectivity index (χ3v) is 5.77. The second kappa shape index (κ2) is 6.09. The molecule has 0 bridgehead atoms. The summed E-state index contributed by atoms with van der Waals surface area (Å²) in [4.78, 5) is 15.6. The lowest BCUT2D eigenvalue weighted by molar-refractivity contribution is -0.136. The summed E-state index contributed by atoms with van der Waals surface area (Å²) in [6, 6.07) is 6.00. The highest BCUT2D eigenvalue weighted by molar-refractivity contribution is 7.13. The lowest BCUT2D eigenvalue weighted by Gasteiger charge is -2.54. The minimum Gasteiger partial charge on any atom is -0.378 e. The molecule has 1 amide bonds. The highest BCUT2D eigenvalue weighted by Gasteiger charge is 2.52. The Morgan fingerprint density at radius 2 is 2.35 bits per heavy atom. The number of thiophene rings is 1. The van der Waals surface area contributed by atoms with Crippen molar-refractivity contribution in [2.45, 2.75) is 39.3 Å². The predicted octanol–water partition coefficient (Wildman–Crippen LogP) is 3.41. The molecule has 2 aromatic heterocycles. The maximum absolute atomic E-state index is 12.7. The molecule has 6 heteroatoms. The molecular formula is C17H23N3O2S. The summed E-state index contributed by atoms with van der Waals surface area (Å²) in [5, 5.41) is 9.16. The van der Waals surface area contributed by atoms with Crippen LogP contribution in [0.3, 0.4) is 0 Å². The van der Waals surface area contributed by atoms with Crippen LogP contribution in [-0.2, 0) is 4.74 Å². The van der Waals surface area contributed by atoms with Gasteiger partial charge in [0.05, 0.1) is 16.7 Å². The van der Waals surface area contributed by atoms with Gasteiger partial charge in [0.15, 0.2) is 5.69 Å². The molecule has 1 aliphatic rings. The molecule has 0 radical (unpaired) electrons. The zero-order valence-corrected chi connectivity index (χ0v) is 14.8. The minimum absolute atomic E-state index is 0.0344. The summed E-state index contributed by atoms with van der Waals surface area (Å²) in [6.07, 6.45) is 1.10. The molecular weight excluding hydrogens is 310 g/mol. The van der Waals surface area contributed by atoms with Crippen molar-refractivity contribution in [2.75, 3.05) is 13.7 Å². The van der Waals surface area contributed by atoms with Crippen molar-refractivity contribution in [3.63, 3.8) is 0 Å². The van der Waals surface area contributed by atoms with Crippen molar-refractivity contribution >= 4 is 17.2 Å². The van der Waals surface area contributed by atoms with E-state index in [9.17, 15) is 4.79 Å². The summed E-state index contributed by atoms with van der Waals surface area (Å²) in [5.41, 5.74) is 1.32. The van der Waals surface area contributed by atoms with Gasteiger partial charge in [0, 0.05) is 25.1 Å². The van der Waals surface area contributed by atoms with Gasteiger partial charge in [-0.25, -0.2) is 0 Å². The van der Waals surface area contributed by atoms with Crippen molar-refractivity contribution in [1.29, 1.82) is 0 Å². The van der Waals surface area contributed by atoms with Gasteiger partial charge in [-0.05, 0) is 30.9 Å². The van der Waals surface area contributed by atoms with E-state index < -0.39 is 0 Å². The molecule has 1 saturated carbocycles. The van der Waals surface area contributed by atoms with Gasteiger partial charge in [0.1, 0.15) is 0 Å². The molecule has 1 fully saturated rings. The van der Waals surface area contributed by atoms with Gasteiger partial charge in [-0.2, -0.15) is 5.10 Å². The summed E-state index contributed by atoms with van der Waals surface area (Å²) in [5.74, 6) is -0.0444. The maximum Gasteiger partial charge on any atom is 0.274 e. The maximum atomic E-state index is 12.7. The largest absolute Gasteiger partial charge is 0.378 e. The van der Waals surface area contributed by atoms with Crippen LogP contribution in [0.2, 0.25) is 0 Å². The molecule has 23 heavy (non-hydrogen) atoms. The Morgan fingerprint density at radius 1 is 1.57 bits per heavy atom. The van der Waals surface area contributed by atoms with Gasteiger partial charge in [0.25, 0.3) is 5.91 Å². The van der Waals surface area contributed by atoms with Crippen LogP contribution in [0.25, 0.3) is 10.6 Å². The first kappa shape index (κ1) is 16.2. The van der Waals surface area contributed by atoms with E-state index in [0.29, 0.717) is 12.3 Å². The number of nitrogens with one attached hydrogen (secondary N) is 1. The van der Waals surface area contributed by atoms with Crippen molar-refractivity contribution in [1.82, 2.24) is 15.1 Å². The second-order valence-corrected chi connectivity index (χ2v) is 7.52. The average molecular weight is 333 g/mol. The van der Waals surface area contributed by atoms with Crippen molar-refractivity contribution < 1.29 is 9.53 Å². The number of amides is 1.